The molecule has 16 heavy (non-hydrogen) atoms. The van der Waals surface area contributed by atoms with Gasteiger partial charge in [-0.25, -0.2) is 0 Å². The molecule has 0 bridgehead atoms. The Balaban J connectivity index is 2.07. The molecule has 1 nitrogen and oxygen atoms in total. The molecule has 0 radical (unpaired) electrons. The maximum Gasteiger partial charge on any atom is 0.150 e. The van der Waals surface area contributed by atoms with Gasteiger partial charge in [0.1, 0.15) is 0 Å². The second-order valence-electron chi connectivity index (χ2n) is 4.75. The van der Waals surface area contributed by atoms with Crippen molar-refractivity contribution in [2.45, 2.75) is 32.6 Å². The summed E-state index contributed by atoms with van der Waals surface area (Å²) in [5.41, 5.74) is 4.13. The van der Waals surface area contributed by atoms with E-state index in [-0.39, 0.29) is 17.6 Å². The Morgan fingerprint density at radius 1 is 1.38 bits per heavy atom. The second kappa shape index (κ2) is 4.58. The van der Waals surface area contributed by atoms with Crippen molar-refractivity contribution in [3.63, 3.8) is 0 Å². The molecule has 0 N–H and O–H groups in total. The highest BCUT2D eigenvalue weighted by Crippen LogP contribution is 2.43. The minimum absolute atomic E-state index is 0.171. The van der Waals surface area contributed by atoms with Gasteiger partial charge in [0.25, 0.3) is 0 Å². The molecule has 1 saturated carbocycles. The molecule has 0 saturated heterocycles. The van der Waals surface area contributed by atoms with Gasteiger partial charge in [-0.3, -0.25) is 4.79 Å². The standard InChI is InChI=1S/C14H17ClO/c1-9-4-3-5-13(10(9)2)11-6-12(7-11)14(16)8-15/h3-5,11-12H,6-8H2,1-2H3. The van der Waals surface area contributed by atoms with Gasteiger partial charge in [-0.2, -0.15) is 0 Å². The summed E-state index contributed by atoms with van der Waals surface area (Å²) >= 11 is 5.56. The van der Waals surface area contributed by atoms with E-state index in [0.717, 1.165) is 12.8 Å². The van der Waals surface area contributed by atoms with Crippen LogP contribution in [0.4, 0.5) is 0 Å². The predicted molar refractivity (Wildman–Crippen MR) is 67.1 cm³/mol. The summed E-state index contributed by atoms with van der Waals surface area (Å²) in [7, 11) is 0. The van der Waals surface area contributed by atoms with Crippen LogP contribution in [0.5, 0.6) is 0 Å². The summed E-state index contributed by atoms with van der Waals surface area (Å²) in [6.07, 6.45) is 1.96. The number of hydrogen-bond donors (Lipinski definition) is 0. The van der Waals surface area contributed by atoms with Gasteiger partial charge >= 0.3 is 0 Å². The van der Waals surface area contributed by atoms with Crippen LogP contribution in [0.15, 0.2) is 18.2 Å². The lowest BCUT2D eigenvalue weighted by Crippen LogP contribution is -2.30. The third kappa shape index (κ3) is 2.01. The van der Waals surface area contributed by atoms with E-state index in [1.54, 1.807) is 0 Å². The Morgan fingerprint density at radius 3 is 2.69 bits per heavy atom. The number of benzene rings is 1. The van der Waals surface area contributed by atoms with Gasteiger partial charge < -0.3 is 0 Å². The molecule has 1 fully saturated rings. The summed E-state index contributed by atoms with van der Waals surface area (Å²) in [5, 5.41) is 0. The molecule has 1 aliphatic rings. The Labute approximate surface area is 102 Å². The Hall–Kier alpha value is -0.820. The van der Waals surface area contributed by atoms with Crippen LogP contribution in [0.3, 0.4) is 0 Å². The van der Waals surface area contributed by atoms with Crippen molar-refractivity contribution in [3.8, 4) is 0 Å². The van der Waals surface area contributed by atoms with Crippen molar-refractivity contribution in [2.75, 3.05) is 5.88 Å². The zero-order valence-corrected chi connectivity index (χ0v) is 10.6. The molecule has 0 spiro atoms. The topological polar surface area (TPSA) is 17.1 Å². The number of ketones is 1. The fourth-order valence-corrected chi connectivity index (χ4v) is 2.68. The van der Waals surface area contributed by atoms with Crippen molar-refractivity contribution >= 4 is 17.4 Å². The number of carbonyl (C=O) groups is 1. The molecule has 1 aromatic carbocycles. The zero-order valence-electron chi connectivity index (χ0n) is 9.79. The van der Waals surface area contributed by atoms with Gasteiger partial charge in [0.15, 0.2) is 5.78 Å². The van der Waals surface area contributed by atoms with Crippen LogP contribution in [0.25, 0.3) is 0 Å². The molecule has 2 heteroatoms. The second-order valence-corrected chi connectivity index (χ2v) is 5.02. The van der Waals surface area contributed by atoms with Gasteiger partial charge in [-0.15, -0.1) is 11.6 Å². The lowest BCUT2D eigenvalue weighted by atomic mass is 9.69. The molecule has 2 rings (SSSR count). The summed E-state index contributed by atoms with van der Waals surface area (Å²) in [4.78, 5) is 11.4. The minimum Gasteiger partial charge on any atom is -0.298 e. The predicted octanol–water partition coefficient (Wildman–Crippen LogP) is 3.60. The highest BCUT2D eigenvalue weighted by Gasteiger charge is 2.35. The number of rotatable bonds is 3. The molecule has 0 amide bonds. The lowest BCUT2D eigenvalue weighted by Gasteiger charge is -2.35. The van der Waals surface area contributed by atoms with Crippen LogP contribution in [0.2, 0.25) is 0 Å². The Morgan fingerprint density at radius 2 is 2.06 bits per heavy atom. The molecule has 0 heterocycles. The smallest absolute Gasteiger partial charge is 0.150 e. The number of hydrogen-bond acceptors (Lipinski definition) is 1. The Kier molecular flexibility index (Phi) is 3.34. The summed E-state index contributed by atoms with van der Waals surface area (Å²) < 4.78 is 0. The van der Waals surface area contributed by atoms with E-state index in [1.807, 2.05) is 0 Å². The van der Waals surface area contributed by atoms with E-state index >= 15 is 0 Å². The van der Waals surface area contributed by atoms with Crippen molar-refractivity contribution in [1.29, 1.82) is 0 Å². The number of carbonyl (C=O) groups excluding carboxylic acids is 1. The number of halogens is 1. The molecule has 0 unspecified atom stereocenters. The molecule has 86 valence electrons. The van der Waals surface area contributed by atoms with E-state index in [0.29, 0.717) is 5.92 Å². The van der Waals surface area contributed by atoms with Gasteiger partial charge in [-0.1, -0.05) is 18.2 Å². The largest absolute Gasteiger partial charge is 0.298 e. The third-order valence-electron chi connectivity index (χ3n) is 3.81. The summed E-state index contributed by atoms with van der Waals surface area (Å²) in [6, 6.07) is 6.43. The van der Waals surface area contributed by atoms with Crippen molar-refractivity contribution in [1.82, 2.24) is 0 Å². The summed E-state index contributed by atoms with van der Waals surface area (Å²) in [6.45, 7) is 4.31. The SMILES string of the molecule is Cc1cccc(C2CC(C(=O)CCl)C2)c1C. The fraction of sp³-hybridized carbons (Fsp3) is 0.500. The fourth-order valence-electron chi connectivity index (χ4n) is 2.46. The first-order chi connectivity index (χ1) is 7.63. The quantitative estimate of drug-likeness (QED) is 0.733. The van der Waals surface area contributed by atoms with E-state index in [2.05, 4.69) is 32.0 Å². The summed E-state index contributed by atoms with van der Waals surface area (Å²) in [5.74, 6) is 1.16. The molecule has 0 aromatic heterocycles. The van der Waals surface area contributed by atoms with E-state index in [1.165, 1.54) is 16.7 Å². The normalized spacial score (nSPS) is 23.9. The highest BCUT2D eigenvalue weighted by molar-refractivity contribution is 6.28. The van der Waals surface area contributed by atoms with Crippen LogP contribution in [-0.2, 0) is 4.79 Å². The van der Waals surface area contributed by atoms with Gasteiger partial charge in [-0.05, 0) is 49.3 Å². The zero-order chi connectivity index (χ0) is 11.7. The van der Waals surface area contributed by atoms with Crippen LogP contribution >= 0.6 is 11.6 Å². The van der Waals surface area contributed by atoms with E-state index < -0.39 is 0 Å². The lowest BCUT2D eigenvalue weighted by molar-refractivity contribution is -0.123. The molecule has 0 atom stereocenters. The van der Waals surface area contributed by atoms with Gasteiger partial charge in [0, 0.05) is 5.92 Å². The first kappa shape index (κ1) is 11.7. The average Bonchev–Trinajstić information content (AvgIpc) is 2.21. The van der Waals surface area contributed by atoms with Crippen LogP contribution < -0.4 is 0 Å². The van der Waals surface area contributed by atoms with Gasteiger partial charge in [0.2, 0.25) is 0 Å². The number of alkyl halides is 1. The van der Waals surface area contributed by atoms with Crippen molar-refractivity contribution in [2.24, 2.45) is 5.92 Å². The average molecular weight is 237 g/mol. The van der Waals surface area contributed by atoms with Crippen LogP contribution in [0.1, 0.15) is 35.4 Å². The maximum absolute atomic E-state index is 11.4. The first-order valence-corrected chi connectivity index (χ1v) is 6.31. The van der Waals surface area contributed by atoms with Crippen molar-refractivity contribution in [3.05, 3.63) is 34.9 Å². The van der Waals surface area contributed by atoms with Crippen LogP contribution in [0, 0.1) is 19.8 Å². The third-order valence-corrected chi connectivity index (χ3v) is 4.07. The Bertz CT molecular complexity index is 405. The molecular formula is C14H17ClO. The minimum atomic E-state index is 0.171. The maximum atomic E-state index is 11.4. The monoisotopic (exact) mass is 236 g/mol. The van der Waals surface area contributed by atoms with E-state index in [9.17, 15) is 4.79 Å². The highest BCUT2D eigenvalue weighted by atomic mass is 35.5. The van der Waals surface area contributed by atoms with Gasteiger partial charge in [0.05, 0.1) is 5.88 Å². The van der Waals surface area contributed by atoms with Crippen LogP contribution in [-0.4, -0.2) is 11.7 Å². The van der Waals surface area contributed by atoms with E-state index in [4.69, 9.17) is 11.6 Å². The first-order valence-electron chi connectivity index (χ1n) is 5.78. The molecular weight excluding hydrogens is 220 g/mol. The number of Topliss-reactive ketones (excluding diaryl/α,β-unsaturated/α-hetero) is 1. The number of aryl methyl sites for hydroxylation is 1. The molecule has 0 aliphatic heterocycles. The molecule has 1 aromatic rings. The van der Waals surface area contributed by atoms with Crippen molar-refractivity contribution < 1.29 is 4.79 Å². The molecule has 1 aliphatic carbocycles.